The van der Waals surface area contributed by atoms with Gasteiger partial charge in [0.25, 0.3) is 0 Å². The third-order valence-electron chi connectivity index (χ3n) is 3.55. The lowest BCUT2D eigenvalue weighted by atomic mass is 10.2. The van der Waals surface area contributed by atoms with E-state index in [1.165, 1.54) is 0 Å². The molecule has 0 saturated heterocycles. The Hall–Kier alpha value is -2.32. The van der Waals surface area contributed by atoms with E-state index < -0.39 is 0 Å². The summed E-state index contributed by atoms with van der Waals surface area (Å²) in [7, 11) is 0. The number of rotatable bonds is 9. The van der Waals surface area contributed by atoms with Gasteiger partial charge in [0.2, 0.25) is 0 Å². The van der Waals surface area contributed by atoms with Gasteiger partial charge in [-0.15, -0.1) is 0 Å². The van der Waals surface area contributed by atoms with Crippen molar-refractivity contribution in [3.05, 3.63) is 49.1 Å². The van der Waals surface area contributed by atoms with Crippen LogP contribution < -0.4 is 21.3 Å². The van der Waals surface area contributed by atoms with Crippen LogP contribution in [0.1, 0.15) is 25.7 Å². The molecule has 0 radical (unpaired) electrons. The monoisotopic (exact) mass is 388 g/mol. The second kappa shape index (κ2) is 12.1. The summed E-state index contributed by atoms with van der Waals surface area (Å²) in [4.78, 5) is 7.94. The van der Waals surface area contributed by atoms with Crippen molar-refractivity contribution < 1.29 is 0 Å². The molecule has 0 unspecified atom stereocenters. The normalized spacial score (nSPS) is 10.0. The van der Waals surface area contributed by atoms with E-state index in [2.05, 4.69) is 31.2 Å². The number of hydrogen-bond donors (Lipinski definition) is 4. The molecule has 0 bridgehead atoms. The van der Waals surface area contributed by atoms with E-state index in [1.54, 1.807) is 24.8 Å². The quantitative estimate of drug-likeness (QED) is 0.385. The average molecular weight is 389 g/mol. The molecule has 2 heterocycles. The van der Waals surface area contributed by atoms with Crippen molar-refractivity contribution in [3.8, 4) is 0 Å². The molecule has 8 heteroatoms. The minimum atomic E-state index is 0.644. The number of nitrogens with one attached hydrogen (secondary N) is 4. The third kappa shape index (κ3) is 8.68. The van der Waals surface area contributed by atoms with Gasteiger partial charge < -0.3 is 21.3 Å². The lowest BCUT2D eigenvalue weighted by Gasteiger charge is -2.11. The van der Waals surface area contributed by atoms with E-state index in [0.717, 1.165) is 50.1 Å². The smallest absolute Gasteiger partial charge is 0.170 e. The zero-order valence-electron chi connectivity index (χ0n) is 14.6. The zero-order chi connectivity index (χ0) is 18.5. The highest BCUT2D eigenvalue weighted by molar-refractivity contribution is 7.80. The maximum absolute atomic E-state index is 5.26. The SMILES string of the molecule is S=C(NCCCCCCNC(=S)Nc1ccncc1)Nc1ccncc1. The molecule has 6 nitrogen and oxygen atoms in total. The Balaban J connectivity index is 1.43. The van der Waals surface area contributed by atoms with Gasteiger partial charge in [-0.1, -0.05) is 12.8 Å². The van der Waals surface area contributed by atoms with Crippen molar-refractivity contribution in [2.75, 3.05) is 23.7 Å². The first-order valence-electron chi connectivity index (χ1n) is 8.64. The average Bonchev–Trinajstić information content (AvgIpc) is 2.65. The van der Waals surface area contributed by atoms with Gasteiger partial charge in [0.05, 0.1) is 0 Å². The molecule has 138 valence electrons. The topological polar surface area (TPSA) is 73.9 Å². The third-order valence-corrected chi connectivity index (χ3v) is 4.04. The van der Waals surface area contributed by atoms with Gasteiger partial charge >= 0.3 is 0 Å². The van der Waals surface area contributed by atoms with Crippen LogP contribution >= 0.6 is 24.4 Å². The van der Waals surface area contributed by atoms with Crippen LogP contribution in [0.15, 0.2) is 49.1 Å². The highest BCUT2D eigenvalue weighted by Gasteiger charge is 1.98. The number of aromatic nitrogens is 2. The molecule has 0 spiro atoms. The first-order chi connectivity index (χ1) is 12.7. The second-order valence-electron chi connectivity index (χ2n) is 5.65. The molecule has 0 atom stereocenters. The van der Waals surface area contributed by atoms with Crippen LogP contribution in [0, 0.1) is 0 Å². The van der Waals surface area contributed by atoms with Crippen LogP contribution in [0.3, 0.4) is 0 Å². The molecule has 0 aromatic carbocycles. The molecule has 0 aliphatic rings. The van der Waals surface area contributed by atoms with Crippen molar-refractivity contribution in [2.45, 2.75) is 25.7 Å². The maximum atomic E-state index is 5.26. The summed E-state index contributed by atoms with van der Waals surface area (Å²) < 4.78 is 0. The summed E-state index contributed by atoms with van der Waals surface area (Å²) in [6.07, 6.45) is 11.4. The predicted octanol–water partition coefficient (Wildman–Crippen LogP) is 3.31. The number of thiocarbonyl (C=S) groups is 2. The van der Waals surface area contributed by atoms with Gasteiger partial charge in [0, 0.05) is 49.3 Å². The molecule has 2 aromatic heterocycles. The van der Waals surface area contributed by atoms with E-state index in [9.17, 15) is 0 Å². The summed E-state index contributed by atoms with van der Waals surface area (Å²) in [5.41, 5.74) is 1.89. The highest BCUT2D eigenvalue weighted by Crippen LogP contribution is 2.04. The van der Waals surface area contributed by atoms with E-state index in [4.69, 9.17) is 24.4 Å². The van der Waals surface area contributed by atoms with Crippen LogP contribution in [0.25, 0.3) is 0 Å². The molecule has 26 heavy (non-hydrogen) atoms. The molecule has 0 amide bonds. The molecular weight excluding hydrogens is 364 g/mol. The number of unbranched alkanes of at least 4 members (excludes halogenated alkanes) is 3. The van der Waals surface area contributed by atoms with E-state index in [-0.39, 0.29) is 0 Å². The zero-order valence-corrected chi connectivity index (χ0v) is 16.2. The number of hydrogen-bond acceptors (Lipinski definition) is 4. The molecule has 0 aliphatic carbocycles. The van der Waals surface area contributed by atoms with Crippen LogP contribution in [0.4, 0.5) is 11.4 Å². The van der Waals surface area contributed by atoms with Crippen LogP contribution in [0.5, 0.6) is 0 Å². The Bertz CT molecular complexity index is 606. The molecule has 2 aromatic rings. The van der Waals surface area contributed by atoms with Crippen molar-refractivity contribution in [3.63, 3.8) is 0 Å². The minimum absolute atomic E-state index is 0.644. The summed E-state index contributed by atoms with van der Waals surface area (Å²) in [6, 6.07) is 7.54. The summed E-state index contributed by atoms with van der Waals surface area (Å²) >= 11 is 10.5. The van der Waals surface area contributed by atoms with Crippen LogP contribution in [-0.2, 0) is 0 Å². The Labute approximate surface area is 165 Å². The number of pyridine rings is 2. The van der Waals surface area contributed by atoms with E-state index in [1.807, 2.05) is 24.3 Å². The fourth-order valence-corrected chi connectivity index (χ4v) is 2.67. The first-order valence-corrected chi connectivity index (χ1v) is 9.45. The van der Waals surface area contributed by atoms with Crippen molar-refractivity contribution in [1.29, 1.82) is 0 Å². The summed E-state index contributed by atoms with van der Waals surface area (Å²) in [6.45, 7) is 1.73. The number of anilines is 2. The molecule has 2 rings (SSSR count). The molecule has 0 aliphatic heterocycles. The van der Waals surface area contributed by atoms with Gasteiger partial charge in [-0.25, -0.2) is 0 Å². The molecule has 0 saturated carbocycles. The van der Waals surface area contributed by atoms with E-state index in [0.29, 0.717) is 10.2 Å². The Morgan fingerprint density at radius 3 is 1.42 bits per heavy atom. The van der Waals surface area contributed by atoms with Crippen LogP contribution in [-0.4, -0.2) is 33.3 Å². The fraction of sp³-hybridized carbons (Fsp3) is 0.333. The molecule has 0 fully saturated rings. The van der Waals surface area contributed by atoms with Gasteiger partial charge in [-0.3, -0.25) is 9.97 Å². The largest absolute Gasteiger partial charge is 0.362 e. The summed E-state index contributed by atoms with van der Waals surface area (Å²) in [5.74, 6) is 0. The standard InChI is InChI=1S/C18H24N6S2/c25-17(23-15-5-11-19-12-6-15)21-9-3-1-2-4-10-22-18(26)24-16-7-13-20-14-8-16/h5-8,11-14H,1-4,9-10H2,(H2,19,21,23,25)(H2,20,22,24,26). The van der Waals surface area contributed by atoms with Crippen molar-refractivity contribution in [1.82, 2.24) is 20.6 Å². The van der Waals surface area contributed by atoms with Gasteiger partial charge in [0.1, 0.15) is 0 Å². The first kappa shape index (κ1) is 20.0. The molecular formula is C18H24N6S2. The maximum Gasteiger partial charge on any atom is 0.170 e. The Kier molecular flexibility index (Phi) is 9.31. The highest BCUT2D eigenvalue weighted by atomic mass is 32.1. The van der Waals surface area contributed by atoms with Gasteiger partial charge in [0.15, 0.2) is 10.2 Å². The van der Waals surface area contributed by atoms with E-state index >= 15 is 0 Å². The summed E-state index contributed by atoms with van der Waals surface area (Å²) in [5, 5.41) is 14.0. The lowest BCUT2D eigenvalue weighted by Crippen LogP contribution is -2.29. The molecule has 4 N–H and O–H groups in total. The fourth-order valence-electron chi connectivity index (χ4n) is 2.23. The number of nitrogens with zero attached hydrogens (tertiary/aromatic N) is 2. The van der Waals surface area contributed by atoms with Crippen LogP contribution in [0.2, 0.25) is 0 Å². The predicted molar refractivity (Wildman–Crippen MR) is 115 cm³/mol. The second-order valence-corrected chi connectivity index (χ2v) is 6.46. The van der Waals surface area contributed by atoms with Gasteiger partial charge in [-0.2, -0.15) is 0 Å². The van der Waals surface area contributed by atoms with Crippen molar-refractivity contribution in [2.24, 2.45) is 0 Å². The van der Waals surface area contributed by atoms with Crippen molar-refractivity contribution >= 4 is 46.0 Å². The Morgan fingerprint density at radius 2 is 1.04 bits per heavy atom. The minimum Gasteiger partial charge on any atom is -0.362 e. The lowest BCUT2D eigenvalue weighted by molar-refractivity contribution is 0.625. The Morgan fingerprint density at radius 1 is 0.654 bits per heavy atom. The van der Waals surface area contributed by atoms with Gasteiger partial charge in [-0.05, 0) is 61.5 Å².